The summed E-state index contributed by atoms with van der Waals surface area (Å²) in [5.41, 5.74) is 0.881. The Morgan fingerprint density at radius 1 is 1.19 bits per heavy atom. The van der Waals surface area contributed by atoms with Gasteiger partial charge in [0.1, 0.15) is 5.60 Å². The van der Waals surface area contributed by atoms with E-state index in [0.717, 1.165) is 18.5 Å². The molecule has 1 aromatic heterocycles. The zero-order valence-electron chi connectivity index (χ0n) is 17.7. The average Bonchev–Trinajstić information content (AvgIpc) is 3.40. The molecule has 10 nitrogen and oxygen atoms in total. The number of hydrogen-bond donors (Lipinski definition) is 4. The molecule has 1 aliphatic rings. The van der Waals surface area contributed by atoms with Crippen molar-refractivity contribution < 1.29 is 22.7 Å². The quantitative estimate of drug-likeness (QED) is 0.456. The van der Waals surface area contributed by atoms with Crippen molar-refractivity contribution in [2.45, 2.75) is 50.0 Å². The highest BCUT2D eigenvalue weighted by Gasteiger charge is 2.26. The smallest absolute Gasteiger partial charge is 0.407 e. The van der Waals surface area contributed by atoms with Gasteiger partial charge in [-0.3, -0.25) is 9.89 Å². The van der Waals surface area contributed by atoms with E-state index in [1.807, 2.05) is 0 Å². The number of alkyl carbamates (subject to hydrolysis) is 1. The summed E-state index contributed by atoms with van der Waals surface area (Å²) >= 11 is 0. The summed E-state index contributed by atoms with van der Waals surface area (Å²) in [7, 11) is -3.83. The highest BCUT2D eigenvalue weighted by Crippen LogP contribution is 2.39. The fourth-order valence-electron chi connectivity index (χ4n) is 2.74. The minimum absolute atomic E-state index is 0.0109. The van der Waals surface area contributed by atoms with E-state index in [4.69, 9.17) is 4.74 Å². The van der Waals surface area contributed by atoms with Gasteiger partial charge in [-0.25, -0.2) is 17.9 Å². The Kier molecular flexibility index (Phi) is 6.65. The molecule has 168 valence electrons. The number of ether oxygens (including phenoxy) is 1. The van der Waals surface area contributed by atoms with Crippen LogP contribution in [0.3, 0.4) is 0 Å². The van der Waals surface area contributed by atoms with E-state index in [0.29, 0.717) is 11.6 Å². The monoisotopic (exact) mass is 449 g/mol. The van der Waals surface area contributed by atoms with Crippen molar-refractivity contribution in [3.63, 3.8) is 0 Å². The highest BCUT2D eigenvalue weighted by molar-refractivity contribution is 7.89. The molecule has 1 aromatic carbocycles. The predicted octanol–water partition coefficient (Wildman–Crippen LogP) is 2.34. The maximum Gasteiger partial charge on any atom is 0.407 e. The summed E-state index contributed by atoms with van der Waals surface area (Å²) in [6, 6.07) is 7.61. The number of anilines is 1. The van der Waals surface area contributed by atoms with Crippen LogP contribution in [-0.4, -0.2) is 49.3 Å². The number of benzene rings is 1. The van der Waals surface area contributed by atoms with E-state index < -0.39 is 27.6 Å². The maximum atomic E-state index is 12.5. The molecule has 0 saturated heterocycles. The molecular formula is C20H27N5O5S. The zero-order valence-corrected chi connectivity index (χ0v) is 18.5. The summed E-state index contributed by atoms with van der Waals surface area (Å²) in [5.74, 6) is 0.0191. The number of carbonyl (C=O) groups excluding carboxylic acids is 2. The van der Waals surface area contributed by atoms with Crippen LogP contribution in [0, 0.1) is 0 Å². The molecule has 3 rings (SSSR count). The lowest BCUT2D eigenvalue weighted by atomic mass is 10.2. The van der Waals surface area contributed by atoms with Crippen LogP contribution in [0.1, 0.15) is 55.7 Å². The molecule has 1 aliphatic carbocycles. The van der Waals surface area contributed by atoms with Crippen molar-refractivity contribution in [2.24, 2.45) is 0 Å². The predicted molar refractivity (Wildman–Crippen MR) is 114 cm³/mol. The fourth-order valence-corrected chi connectivity index (χ4v) is 3.82. The molecule has 1 saturated carbocycles. The van der Waals surface area contributed by atoms with Crippen LogP contribution in [0.5, 0.6) is 0 Å². The Labute approximate surface area is 181 Å². The number of rotatable bonds is 8. The number of H-pyrrole nitrogens is 1. The van der Waals surface area contributed by atoms with Gasteiger partial charge in [0.2, 0.25) is 10.0 Å². The molecule has 31 heavy (non-hydrogen) atoms. The van der Waals surface area contributed by atoms with Crippen molar-refractivity contribution >= 4 is 27.7 Å². The molecule has 0 atom stereocenters. The van der Waals surface area contributed by atoms with E-state index >= 15 is 0 Å². The summed E-state index contributed by atoms with van der Waals surface area (Å²) in [5, 5.41) is 12.0. The van der Waals surface area contributed by atoms with Gasteiger partial charge >= 0.3 is 6.09 Å². The average molecular weight is 450 g/mol. The molecule has 0 bridgehead atoms. The number of aromatic nitrogens is 2. The molecule has 1 fully saturated rings. The SMILES string of the molecule is CC(C)(C)OC(=O)NCCNS(=O)(=O)c1cccc(NC(=O)c2cc(C3CC3)[nH]n2)c1. The van der Waals surface area contributed by atoms with Gasteiger partial charge in [-0.15, -0.1) is 0 Å². The van der Waals surface area contributed by atoms with Gasteiger partial charge < -0.3 is 15.4 Å². The summed E-state index contributed by atoms with van der Waals surface area (Å²) in [4.78, 5) is 24.0. The lowest BCUT2D eigenvalue weighted by Gasteiger charge is -2.19. The Morgan fingerprint density at radius 2 is 1.94 bits per heavy atom. The molecular weight excluding hydrogens is 422 g/mol. The van der Waals surface area contributed by atoms with Crippen LogP contribution >= 0.6 is 0 Å². The zero-order chi connectivity index (χ0) is 22.6. The van der Waals surface area contributed by atoms with E-state index in [-0.39, 0.29) is 23.7 Å². The van der Waals surface area contributed by atoms with Crippen molar-refractivity contribution in [3.8, 4) is 0 Å². The van der Waals surface area contributed by atoms with Gasteiger partial charge in [0, 0.05) is 30.4 Å². The number of carbonyl (C=O) groups is 2. The largest absolute Gasteiger partial charge is 0.444 e. The highest BCUT2D eigenvalue weighted by atomic mass is 32.2. The Morgan fingerprint density at radius 3 is 2.61 bits per heavy atom. The third-order valence-corrected chi connectivity index (χ3v) is 5.79. The van der Waals surface area contributed by atoms with Crippen LogP contribution in [0.4, 0.5) is 10.5 Å². The molecule has 0 spiro atoms. The van der Waals surface area contributed by atoms with E-state index in [1.54, 1.807) is 32.9 Å². The first kappa shape index (κ1) is 22.8. The van der Waals surface area contributed by atoms with Crippen LogP contribution in [-0.2, 0) is 14.8 Å². The number of hydrogen-bond acceptors (Lipinski definition) is 6. The third-order valence-electron chi connectivity index (χ3n) is 4.33. The number of amides is 2. The topological polar surface area (TPSA) is 142 Å². The van der Waals surface area contributed by atoms with Crippen LogP contribution < -0.4 is 15.4 Å². The van der Waals surface area contributed by atoms with Gasteiger partial charge in [-0.05, 0) is 57.9 Å². The van der Waals surface area contributed by atoms with Crippen LogP contribution in [0.2, 0.25) is 0 Å². The van der Waals surface area contributed by atoms with Crippen molar-refractivity contribution in [2.75, 3.05) is 18.4 Å². The van der Waals surface area contributed by atoms with Gasteiger partial charge in [-0.2, -0.15) is 5.10 Å². The third kappa shape index (κ3) is 6.79. The van der Waals surface area contributed by atoms with Gasteiger partial charge in [-0.1, -0.05) is 6.07 Å². The minimum Gasteiger partial charge on any atom is -0.444 e. The minimum atomic E-state index is -3.83. The number of nitrogens with zero attached hydrogens (tertiary/aromatic N) is 1. The molecule has 0 unspecified atom stereocenters. The molecule has 11 heteroatoms. The first-order valence-corrected chi connectivity index (χ1v) is 11.4. The van der Waals surface area contributed by atoms with Crippen molar-refractivity contribution in [3.05, 3.63) is 41.7 Å². The second-order valence-electron chi connectivity index (χ2n) is 8.29. The van der Waals surface area contributed by atoms with Gasteiger partial charge in [0.25, 0.3) is 5.91 Å². The molecule has 1 heterocycles. The molecule has 2 amide bonds. The van der Waals surface area contributed by atoms with Crippen molar-refractivity contribution in [1.82, 2.24) is 20.2 Å². The Balaban J connectivity index is 1.54. The second kappa shape index (κ2) is 9.06. The molecule has 4 N–H and O–H groups in total. The molecule has 2 aromatic rings. The number of nitrogens with one attached hydrogen (secondary N) is 4. The standard InChI is InChI=1S/C20H27N5O5S/c1-20(2,3)30-19(27)21-9-10-22-31(28,29)15-6-4-5-14(11-15)23-18(26)17-12-16(24-25-17)13-7-8-13/h4-6,11-13,22H,7-10H2,1-3H3,(H,21,27)(H,23,26)(H,24,25). The number of aromatic amines is 1. The second-order valence-corrected chi connectivity index (χ2v) is 10.1. The normalized spacial score (nSPS) is 14.2. The van der Waals surface area contributed by atoms with Gasteiger partial charge in [0.05, 0.1) is 4.90 Å². The fraction of sp³-hybridized carbons (Fsp3) is 0.450. The molecule has 0 radical (unpaired) electrons. The summed E-state index contributed by atoms with van der Waals surface area (Å²) in [6.45, 7) is 5.25. The van der Waals surface area contributed by atoms with Crippen LogP contribution in [0.25, 0.3) is 0 Å². The lowest BCUT2D eigenvalue weighted by Crippen LogP contribution is -2.37. The van der Waals surface area contributed by atoms with E-state index in [2.05, 4.69) is 25.6 Å². The maximum absolute atomic E-state index is 12.5. The summed E-state index contributed by atoms with van der Waals surface area (Å²) < 4.78 is 32.5. The van der Waals surface area contributed by atoms with E-state index in [9.17, 15) is 18.0 Å². The van der Waals surface area contributed by atoms with Crippen LogP contribution in [0.15, 0.2) is 35.2 Å². The first-order chi connectivity index (χ1) is 14.5. The Bertz CT molecular complexity index is 1050. The van der Waals surface area contributed by atoms with Crippen molar-refractivity contribution in [1.29, 1.82) is 0 Å². The Hall–Kier alpha value is -2.92. The summed E-state index contributed by atoms with van der Waals surface area (Å²) in [6.07, 6.45) is 1.55. The number of sulfonamides is 1. The van der Waals surface area contributed by atoms with E-state index in [1.165, 1.54) is 18.2 Å². The first-order valence-electron chi connectivity index (χ1n) is 9.97. The molecule has 0 aliphatic heterocycles. The lowest BCUT2D eigenvalue weighted by molar-refractivity contribution is 0.0528. The van der Waals surface area contributed by atoms with Gasteiger partial charge in [0.15, 0.2) is 5.69 Å².